The molecule has 0 saturated heterocycles. The van der Waals surface area contributed by atoms with Gasteiger partial charge in [-0.1, -0.05) is 41.5 Å². The van der Waals surface area contributed by atoms with Crippen molar-refractivity contribution >= 4 is 11.3 Å². The Kier molecular flexibility index (Phi) is 7.84. The van der Waals surface area contributed by atoms with Crippen LogP contribution in [0.5, 0.6) is 5.75 Å². The Morgan fingerprint density at radius 3 is 1.43 bits per heavy atom. The lowest BCUT2D eigenvalue weighted by Gasteiger charge is -2.27. The normalized spacial score (nSPS) is 12.1. The molecule has 0 aromatic heterocycles. The Balaban J connectivity index is 2.66. The Bertz CT molecular complexity index is 1260. The summed E-state index contributed by atoms with van der Waals surface area (Å²) in [7, 11) is 1.76. The van der Waals surface area contributed by atoms with E-state index in [4.69, 9.17) is 9.47 Å². The first-order valence-electron chi connectivity index (χ1n) is 12.6. The van der Waals surface area contributed by atoms with Crippen LogP contribution < -0.4 is 4.74 Å². The summed E-state index contributed by atoms with van der Waals surface area (Å²) in [5.41, 5.74) is 15.8. The van der Waals surface area contributed by atoms with Crippen LogP contribution in [0.2, 0.25) is 0 Å². The lowest BCUT2D eigenvalue weighted by Crippen LogP contribution is -2.11. The van der Waals surface area contributed by atoms with Gasteiger partial charge >= 0.3 is 0 Å². The molecule has 2 heteroatoms. The van der Waals surface area contributed by atoms with Crippen molar-refractivity contribution in [3.63, 3.8) is 0 Å². The molecule has 0 amide bonds. The Hall–Kier alpha value is -3.00. The van der Waals surface area contributed by atoms with Gasteiger partial charge < -0.3 is 9.47 Å². The van der Waals surface area contributed by atoms with E-state index < -0.39 is 0 Å². The van der Waals surface area contributed by atoms with E-state index in [0.717, 1.165) is 28.2 Å². The molecular formula is C33H42O2. The predicted octanol–water partition coefficient (Wildman–Crippen LogP) is 8.81. The van der Waals surface area contributed by atoms with Crippen LogP contribution >= 0.6 is 0 Å². The first-order valence-corrected chi connectivity index (χ1v) is 12.6. The Labute approximate surface area is 213 Å². The molecule has 0 aliphatic rings. The third-order valence-corrected chi connectivity index (χ3v) is 6.77. The van der Waals surface area contributed by atoms with Crippen molar-refractivity contribution in [3.8, 4) is 5.75 Å². The molecule has 35 heavy (non-hydrogen) atoms. The number of ether oxygens (including phenoxy) is 2. The second kappa shape index (κ2) is 10.3. The van der Waals surface area contributed by atoms with Gasteiger partial charge in [-0.3, -0.25) is 0 Å². The van der Waals surface area contributed by atoms with Crippen molar-refractivity contribution in [2.75, 3.05) is 7.11 Å². The minimum absolute atomic E-state index is 0.0270. The van der Waals surface area contributed by atoms with Crippen LogP contribution in [0.3, 0.4) is 0 Å². The number of benzene rings is 3. The molecule has 0 fully saturated rings. The quantitative estimate of drug-likeness (QED) is 0.265. The van der Waals surface area contributed by atoms with Crippen LogP contribution in [0.4, 0.5) is 0 Å². The maximum atomic E-state index is 6.80. The molecule has 3 aromatic rings. The van der Waals surface area contributed by atoms with Gasteiger partial charge in [-0.25, -0.2) is 0 Å². The highest BCUT2D eigenvalue weighted by atomic mass is 16.5. The Morgan fingerprint density at radius 1 is 0.571 bits per heavy atom. The van der Waals surface area contributed by atoms with Crippen molar-refractivity contribution in [2.24, 2.45) is 0 Å². The maximum Gasteiger partial charge on any atom is 0.135 e. The van der Waals surface area contributed by atoms with Gasteiger partial charge in [0, 0.05) is 11.1 Å². The van der Waals surface area contributed by atoms with Gasteiger partial charge in [-0.2, -0.15) is 0 Å². The molecule has 2 nitrogen and oxygen atoms in total. The average molecular weight is 471 g/mol. The van der Waals surface area contributed by atoms with Gasteiger partial charge in [0.1, 0.15) is 11.5 Å². The fourth-order valence-electron chi connectivity index (χ4n) is 5.81. The maximum absolute atomic E-state index is 6.80. The highest BCUT2D eigenvalue weighted by Crippen LogP contribution is 2.44. The smallest absolute Gasteiger partial charge is 0.135 e. The number of hydrogen-bond donors (Lipinski definition) is 0. The molecule has 0 unspecified atom stereocenters. The summed E-state index contributed by atoms with van der Waals surface area (Å²) >= 11 is 0. The molecule has 0 aliphatic heterocycles. The molecule has 0 aliphatic carbocycles. The first kappa shape index (κ1) is 26.6. The van der Waals surface area contributed by atoms with E-state index in [0.29, 0.717) is 0 Å². The van der Waals surface area contributed by atoms with Crippen molar-refractivity contribution in [1.82, 2.24) is 0 Å². The van der Waals surface area contributed by atoms with Gasteiger partial charge in [0.05, 0.1) is 13.2 Å². The van der Waals surface area contributed by atoms with Crippen LogP contribution in [0.15, 0.2) is 30.3 Å². The zero-order valence-corrected chi connectivity index (χ0v) is 23.8. The first-order chi connectivity index (χ1) is 16.4. The minimum Gasteiger partial charge on any atom is -0.496 e. The molecule has 3 aromatic carbocycles. The third-order valence-electron chi connectivity index (χ3n) is 6.77. The fourth-order valence-corrected chi connectivity index (χ4v) is 5.81. The number of aryl methyl sites for hydroxylation is 8. The zero-order valence-electron chi connectivity index (χ0n) is 23.8. The van der Waals surface area contributed by atoms with E-state index >= 15 is 0 Å². The summed E-state index contributed by atoms with van der Waals surface area (Å²) < 4.78 is 12.7. The average Bonchev–Trinajstić information content (AvgIpc) is 2.70. The van der Waals surface area contributed by atoms with Crippen molar-refractivity contribution in [1.29, 1.82) is 0 Å². The molecule has 0 saturated carbocycles. The third kappa shape index (κ3) is 5.17. The molecule has 0 spiro atoms. The van der Waals surface area contributed by atoms with E-state index in [-0.39, 0.29) is 6.10 Å². The monoisotopic (exact) mass is 470 g/mol. The molecule has 186 valence electrons. The Morgan fingerprint density at radius 2 is 1.00 bits per heavy atom. The number of methoxy groups -OCH3 is 1. The van der Waals surface area contributed by atoms with Crippen molar-refractivity contribution in [2.45, 2.75) is 82.3 Å². The summed E-state index contributed by atoms with van der Waals surface area (Å²) in [5, 5.41) is 0. The van der Waals surface area contributed by atoms with Crippen LogP contribution in [-0.4, -0.2) is 13.2 Å². The van der Waals surface area contributed by atoms with Crippen molar-refractivity contribution < 1.29 is 9.47 Å². The summed E-state index contributed by atoms with van der Waals surface area (Å²) in [6.45, 7) is 23.9. The van der Waals surface area contributed by atoms with Gasteiger partial charge in [0.2, 0.25) is 0 Å². The fraction of sp³-hybridized carbons (Fsp3) is 0.394. The van der Waals surface area contributed by atoms with Crippen LogP contribution in [0, 0.1) is 62.3 Å². The largest absolute Gasteiger partial charge is 0.496 e. The SMILES string of the molecule is COc1c(C)cc(C)c(/C(=C(/OC(C)C)c2c(C)cc(C)cc2C)c2c(C)cc(C)cc2C)c1C. The lowest BCUT2D eigenvalue weighted by atomic mass is 9.82. The van der Waals surface area contributed by atoms with E-state index in [1.54, 1.807) is 7.11 Å². The molecule has 0 atom stereocenters. The van der Waals surface area contributed by atoms with E-state index in [9.17, 15) is 0 Å². The van der Waals surface area contributed by atoms with E-state index in [2.05, 4.69) is 106 Å². The van der Waals surface area contributed by atoms with Crippen molar-refractivity contribution in [3.05, 3.63) is 97.1 Å². The topological polar surface area (TPSA) is 18.5 Å². The van der Waals surface area contributed by atoms with Gasteiger partial charge in [-0.05, 0) is 126 Å². The second-order valence-electron chi connectivity index (χ2n) is 10.5. The predicted molar refractivity (Wildman–Crippen MR) is 151 cm³/mol. The highest BCUT2D eigenvalue weighted by Gasteiger charge is 2.26. The minimum atomic E-state index is 0.0270. The summed E-state index contributed by atoms with van der Waals surface area (Å²) in [5.74, 6) is 1.88. The molecule has 0 bridgehead atoms. The van der Waals surface area contributed by atoms with E-state index in [1.165, 1.54) is 55.6 Å². The molecule has 0 heterocycles. The number of hydrogen-bond acceptors (Lipinski definition) is 2. The van der Waals surface area contributed by atoms with E-state index in [1.807, 2.05) is 0 Å². The molecule has 0 radical (unpaired) electrons. The molecule has 0 N–H and O–H groups in total. The lowest BCUT2D eigenvalue weighted by molar-refractivity contribution is 0.205. The standard InChI is InChI=1S/C33H42O2/c1-18(2)35-33(29-23(7)15-20(4)16-24(29)8)31(28-21(5)13-19(3)14-22(28)6)30-25(9)17-26(10)32(34-12)27(30)11/h13-18H,1-12H3/b33-31+. The summed E-state index contributed by atoms with van der Waals surface area (Å²) in [6.07, 6.45) is 0.0270. The second-order valence-corrected chi connectivity index (χ2v) is 10.5. The van der Waals surface area contributed by atoms with Gasteiger partial charge in [0.15, 0.2) is 0 Å². The molecule has 3 rings (SSSR count). The highest BCUT2D eigenvalue weighted by molar-refractivity contribution is 6.01. The molecular weight excluding hydrogens is 428 g/mol. The van der Waals surface area contributed by atoms with Crippen LogP contribution in [0.1, 0.15) is 80.6 Å². The summed E-state index contributed by atoms with van der Waals surface area (Å²) in [4.78, 5) is 0. The van der Waals surface area contributed by atoms with Gasteiger partial charge in [-0.15, -0.1) is 0 Å². The van der Waals surface area contributed by atoms with Crippen LogP contribution in [-0.2, 0) is 4.74 Å². The zero-order chi connectivity index (χ0) is 26.2. The van der Waals surface area contributed by atoms with Crippen LogP contribution in [0.25, 0.3) is 11.3 Å². The summed E-state index contributed by atoms with van der Waals surface area (Å²) in [6, 6.07) is 11.3. The number of rotatable bonds is 6. The van der Waals surface area contributed by atoms with Gasteiger partial charge in [0.25, 0.3) is 0 Å².